The maximum absolute atomic E-state index is 5.61. The van der Waals surface area contributed by atoms with E-state index in [-0.39, 0.29) is 0 Å². The van der Waals surface area contributed by atoms with E-state index in [1.54, 1.807) is 12.4 Å². The van der Waals surface area contributed by atoms with Crippen LogP contribution in [0.5, 0.6) is 11.5 Å². The van der Waals surface area contributed by atoms with Gasteiger partial charge in [-0.1, -0.05) is 0 Å². The van der Waals surface area contributed by atoms with Gasteiger partial charge in [-0.05, 0) is 31.2 Å². The number of hydrogen-bond acceptors (Lipinski definition) is 6. The Morgan fingerprint density at radius 2 is 1.71 bits per heavy atom. The molecular weight excluding hydrogens is 304 g/mol. The largest absolute Gasteiger partial charge is 0.486 e. The number of aromatic nitrogens is 3. The Hall–Kier alpha value is -3.15. The minimum atomic E-state index is 0.565. The molecule has 0 saturated carbocycles. The van der Waals surface area contributed by atoms with Crippen molar-refractivity contribution in [2.24, 2.45) is 0 Å². The molecule has 0 spiro atoms. The van der Waals surface area contributed by atoms with Crippen molar-refractivity contribution in [2.45, 2.75) is 6.92 Å². The summed E-state index contributed by atoms with van der Waals surface area (Å²) in [5.41, 5.74) is 2.70. The van der Waals surface area contributed by atoms with E-state index in [0.717, 1.165) is 34.3 Å². The van der Waals surface area contributed by atoms with Crippen molar-refractivity contribution in [2.75, 3.05) is 18.5 Å². The van der Waals surface area contributed by atoms with E-state index in [4.69, 9.17) is 9.47 Å². The van der Waals surface area contributed by atoms with Crippen LogP contribution in [0.4, 0.5) is 11.5 Å². The first kappa shape index (κ1) is 14.4. The van der Waals surface area contributed by atoms with Crippen molar-refractivity contribution in [1.82, 2.24) is 15.0 Å². The molecular formula is C18H16N4O2. The smallest absolute Gasteiger partial charge is 0.163 e. The Morgan fingerprint density at radius 1 is 0.917 bits per heavy atom. The predicted octanol–water partition coefficient (Wildman–Crippen LogP) is 3.36. The minimum Gasteiger partial charge on any atom is -0.486 e. The van der Waals surface area contributed by atoms with Crippen LogP contribution in [0, 0.1) is 6.92 Å². The van der Waals surface area contributed by atoms with Gasteiger partial charge in [0.15, 0.2) is 17.3 Å². The zero-order valence-corrected chi connectivity index (χ0v) is 13.2. The number of nitrogens with zero attached hydrogens (tertiary/aromatic N) is 3. The van der Waals surface area contributed by atoms with E-state index < -0.39 is 0 Å². The monoisotopic (exact) mass is 320 g/mol. The lowest BCUT2D eigenvalue weighted by molar-refractivity contribution is 0.171. The van der Waals surface area contributed by atoms with Crippen LogP contribution >= 0.6 is 0 Å². The molecule has 120 valence electrons. The zero-order valence-electron chi connectivity index (χ0n) is 13.2. The van der Waals surface area contributed by atoms with Crippen LogP contribution in [0.3, 0.4) is 0 Å². The summed E-state index contributed by atoms with van der Waals surface area (Å²) in [4.78, 5) is 13.1. The maximum atomic E-state index is 5.61. The van der Waals surface area contributed by atoms with Crippen LogP contribution in [0.15, 0.2) is 48.8 Å². The second-order valence-electron chi connectivity index (χ2n) is 5.44. The number of benzene rings is 1. The molecule has 3 aromatic rings. The Labute approximate surface area is 139 Å². The number of hydrogen-bond donors (Lipinski definition) is 1. The summed E-state index contributed by atoms with van der Waals surface area (Å²) < 4.78 is 11.2. The van der Waals surface area contributed by atoms with E-state index in [1.165, 1.54) is 0 Å². The molecule has 0 fully saturated rings. The first-order valence-electron chi connectivity index (χ1n) is 7.71. The summed E-state index contributed by atoms with van der Waals surface area (Å²) >= 11 is 0. The highest BCUT2D eigenvalue weighted by Gasteiger charge is 2.12. The molecule has 24 heavy (non-hydrogen) atoms. The normalized spacial score (nSPS) is 12.7. The minimum absolute atomic E-state index is 0.565. The summed E-state index contributed by atoms with van der Waals surface area (Å²) in [5, 5.41) is 3.30. The lowest BCUT2D eigenvalue weighted by Gasteiger charge is -2.19. The molecule has 4 rings (SSSR count). The molecule has 0 aliphatic carbocycles. The van der Waals surface area contributed by atoms with Gasteiger partial charge in [-0.2, -0.15) is 0 Å². The zero-order chi connectivity index (χ0) is 16.4. The van der Waals surface area contributed by atoms with Gasteiger partial charge in [0.1, 0.15) is 19.0 Å². The molecule has 0 radical (unpaired) electrons. The fraction of sp³-hybridized carbons (Fsp3) is 0.167. The van der Waals surface area contributed by atoms with Crippen LogP contribution in [-0.4, -0.2) is 28.2 Å². The number of pyridine rings is 1. The van der Waals surface area contributed by atoms with E-state index in [9.17, 15) is 0 Å². The highest BCUT2D eigenvalue weighted by Crippen LogP contribution is 2.33. The van der Waals surface area contributed by atoms with Gasteiger partial charge in [-0.15, -0.1) is 0 Å². The van der Waals surface area contributed by atoms with E-state index in [0.29, 0.717) is 19.0 Å². The molecule has 0 unspecified atom stereocenters. The second-order valence-corrected chi connectivity index (χ2v) is 5.44. The summed E-state index contributed by atoms with van der Waals surface area (Å²) in [6.07, 6.45) is 3.46. The first-order valence-corrected chi connectivity index (χ1v) is 7.71. The van der Waals surface area contributed by atoms with Gasteiger partial charge in [0.25, 0.3) is 0 Å². The van der Waals surface area contributed by atoms with E-state index >= 15 is 0 Å². The Morgan fingerprint density at radius 3 is 2.54 bits per heavy atom. The molecule has 1 N–H and O–H groups in total. The molecule has 3 heterocycles. The highest BCUT2D eigenvalue weighted by atomic mass is 16.6. The summed E-state index contributed by atoms with van der Waals surface area (Å²) in [6, 6.07) is 11.4. The van der Waals surface area contributed by atoms with Crippen molar-refractivity contribution in [3.63, 3.8) is 0 Å². The van der Waals surface area contributed by atoms with Gasteiger partial charge in [0.2, 0.25) is 0 Å². The molecule has 2 aromatic heterocycles. The van der Waals surface area contributed by atoms with Crippen molar-refractivity contribution < 1.29 is 9.47 Å². The van der Waals surface area contributed by atoms with Gasteiger partial charge in [-0.25, -0.2) is 9.97 Å². The summed E-state index contributed by atoms with van der Waals surface area (Å²) in [5.74, 6) is 2.90. The molecule has 1 aliphatic heterocycles. The third-order valence-electron chi connectivity index (χ3n) is 3.61. The third-order valence-corrected chi connectivity index (χ3v) is 3.61. The molecule has 0 saturated heterocycles. The van der Waals surface area contributed by atoms with Gasteiger partial charge in [0, 0.05) is 41.5 Å². The van der Waals surface area contributed by atoms with E-state index in [1.807, 2.05) is 43.3 Å². The topological polar surface area (TPSA) is 69.2 Å². The fourth-order valence-corrected chi connectivity index (χ4v) is 2.53. The third kappa shape index (κ3) is 2.99. The fourth-order valence-electron chi connectivity index (χ4n) is 2.53. The van der Waals surface area contributed by atoms with Crippen molar-refractivity contribution in [3.05, 3.63) is 54.5 Å². The number of nitrogens with one attached hydrogen (secondary N) is 1. The number of anilines is 2. The van der Waals surface area contributed by atoms with Crippen LogP contribution in [0.2, 0.25) is 0 Å². The van der Waals surface area contributed by atoms with Crippen LogP contribution in [-0.2, 0) is 0 Å². The average Bonchev–Trinajstić information content (AvgIpc) is 2.62. The molecule has 6 heteroatoms. The Bertz CT molecular complexity index is 868. The first-order chi connectivity index (χ1) is 11.8. The van der Waals surface area contributed by atoms with Gasteiger partial charge in [-0.3, -0.25) is 4.98 Å². The van der Waals surface area contributed by atoms with Crippen molar-refractivity contribution in [1.29, 1.82) is 0 Å². The summed E-state index contributed by atoms with van der Waals surface area (Å²) in [7, 11) is 0. The molecule has 1 aliphatic rings. The van der Waals surface area contributed by atoms with Gasteiger partial charge < -0.3 is 14.8 Å². The van der Waals surface area contributed by atoms with Crippen LogP contribution in [0.25, 0.3) is 11.4 Å². The summed E-state index contributed by atoms with van der Waals surface area (Å²) in [6.45, 7) is 3.09. The second kappa shape index (κ2) is 6.16. The van der Waals surface area contributed by atoms with Crippen LogP contribution in [0.1, 0.15) is 5.69 Å². The number of ether oxygens (including phenoxy) is 2. The number of aryl methyl sites for hydroxylation is 1. The number of rotatable bonds is 3. The highest BCUT2D eigenvalue weighted by molar-refractivity contribution is 5.64. The molecule has 0 bridgehead atoms. The van der Waals surface area contributed by atoms with Crippen LogP contribution < -0.4 is 14.8 Å². The lowest BCUT2D eigenvalue weighted by atomic mass is 10.2. The van der Waals surface area contributed by atoms with Crippen molar-refractivity contribution in [3.8, 4) is 22.9 Å². The Balaban J connectivity index is 1.64. The Kier molecular flexibility index (Phi) is 3.70. The SMILES string of the molecule is Cc1cc(Nc2ccc3c(c2)OCCO3)nc(-c2ccncc2)n1. The molecule has 6 nitrogen and oxygen atoms in total. The predicted molar refractivity (Wildman–Crippen MR) is 90.7 cm³/mol. The molecule has 0 atom stereocenters. The van der Waals surface area contributed by atoms with Gasteiger partial charge in [0.05, 0.1) is 0 Å². The maximum Gasteiger partial charge on any atom is 0.163 e. The standard InChI is InChI=1S/C18H16N4O2/c1-12-10-17(22-18(20-12)13-4-6-19-7-5-13)21-14-2-3-15-16(11-14)24-9-8-23-15/h2-7,10-11H,8-9H2,1H3,(H,20,21,22). The molecule has 0 amide bonds. The average molecular weight is 320 g/mol. The quantitative estimate of drug-likeness (QED) is 0.798. The van der Waals surface area contributed by atoms with E-state index in [2.05, 4.69) is 20.3 Å². The lowest BCUT2D eigenvalue weighted by Crippen LogP contribution is -2.15. The number of fused-ring (bicyclic) bond motifs is 1. The van der Waals surface area contributed by atoms with Crippen molar-refractivity contribution >= 4 is 11.5 Å². The molecule has 1 aromatic carbocycles. The van der Waals surface area contributed by atoms with Gasteiger partial charge >= 0.3 is 0 Å².